The van der Waals surface area contributed by atoms with E-state index in [4.69, 9.17) is 4.42 Å². The zero-order chi connectivity index (χ0) is 14.7. The molecule has 0 spiro atoms. The van der Waals surface area contributed by atoms with Crippen LogP contribution in [0.25, 0.3) is 0 Å². The van der Waals surface area contributed by atoms with Gasteiger partial charge in [-0.15, -0.1) is 0 Å². The summed E-state index contributed by atoms with van der Waals surface area (Å²) >= 11 is 3.29. The third kappa shape index (κ3) is 3.22. The molecule has 1 heterocycles. The lowest BCUT2D eigenvalue weighted by molar-refractivity contribution is 0.0963. The first-order valence-corrected chi connectivity index (χ1v) is 7.15. The van der Waals surface area contributed by atoms with Crippen LogP contribution in [0.4, 0.5) is 5.69 Å². The van der Waals surface area contributed by atoms with E-state index in [1.807, 2.05) is 44.2 Å². The lowest BCUT2D eigenvalue weighted by Crippen LogP contribution is -2.18. The van der Waals surface area contributed by atoms with Crippen molar-refractivity contribution in [3.8, 4) is 0 Å². The molecule has 0 aliphatic carbocycles. The predicted octanol–water partition coefficient (Wildman–Crippen LogP) is 3.88. The molecule has 1 atom stereocenters. The molecule has 0 aliphatic rings. The van der Waals surface area contributed by atoms with Gasteiger partial charge in [0.05, 0.1) is 6.04 Å². The lowest BCUT2D eigenvalue weighted by Gasteiger charge is -2.16. The van der Waals surface area contributed by atoms with Crippen molar-refractivity contribution in [2.24, 2.45) is 0 Å². The number of hydrogen-bond acceptors (Lipinski definition) is 3. The molecule has 0 bridgehead atoms. The van der Waals surface area contributed by atoms with E-state index in [9.17, 15) is 4.79 Å². The quantitative estimate of drug-likeness (QED) is 0.890. The van der Waals surface area contributed by atoms with Crippen LogP contribution in [0, 0.1) is 6.92 Å². The third-order valence-electron chi connectivity index (χ3n) is 3.12. The van der Waals surface area contributed by atoms with E-state index < -0.39 is 0 Å². The van der Waals surface area contributed by atoms with Crippen molar-refractivity contribution in [3.05, 3.63) is 51.9 Å². The average molecular weight is 337 g/mol. The molecule has 0 saturated heterocycles. The molecule has 2 N–H and O–H groups in total. The standard InChI is InChI=1S/C15H17BrN2O2/c1-9-4-5-11(15(19)17-3)8-12(9)18-10(2)13-6-7-14(16)20-13/h4-8,10,18H,1-3H3,(H,17,19). The Labute approximate surface area is 126 Å². The zero-order valence-corrected chi connectivity index (χ0v) is 13.2. The molecule has 0 saturated carbocycles. The molecule has 1 aromatic heterocycles. The highest BCUT2D eigenvalue weighted by atomic mass is 79.9. The number of hydrogen-bond donors (Lipinski definition) is 2. The molecule has 20 heavy (non-hydrogen) atoms. The van der Waals surface area contributed by atoms with E-state index in [1.165, 1.54) is 0 Å². The first-order chi connectivity index (χ1) is 9.51. The van der Waals surface area contributed by atoms with Gasteiger partial charge in [0, 0.05) is 18.3 Å². The summed E-state index contributed by atoms with van der Waals surface area (Å²) in [7, 11) is 1.62. The molecule has 0 aliphatic heterocycles. The van der Waals surface area contributed by atoms with E-state index in [0.29, 0.717) is 10.2 Å². The average Bonchev–Trinajstić information content (AvgIpc) is 2.87. The molecule has 106 valence electrons. The van der Waals surface area contributed by atoms with Gasteiger partial charge in [-0.2, -0.15) is 0 Å². The number of amides is 1. The van der Waals surface area contributed by atoms with Crippen LogP contribution in [-0.4, -0.2) is 13.0 Å². The van der Waals surface area contributed by atoms with Crippen molar-refractivity contribution < 1.29 is 9.21 Å². The van der Waals surface area contributed by atoms with E-state index in [0.717, 1.165) is 17.0 Å². The van der Waals surface area contributed by atoms with Gasteiger partial charge >= 0.3 is 0 Å². The molecule has 5 heteroatoms. The van der Waals surface area contributed by atoms with Crippen LogP contribution >= 0.6 is 15.9 Å². The van der Waals surface area contributed by atoms with Crippen molar-refractivity contribution in [2.45, 2.75) is 19.9 Å². The Morgan fingerprint density at radius 1 is 1.30 bits per heavy atom. The van der Waals surface area contributed by atoms with Crippen LogP contribution in [0.15, 0.2) is 39.4 Å². The zero-order valence-electron chi connectivity index (χ0n) is 11.7. The molecule has 0 fully saturated rings. The molecule has 1 unspecified atom stereocenters. The van der Waals surface area contributed by atoms with Crippen molar-refractivity contribution in [1.29, 1.82) is 0 Å². The number of rotatable bonds is 4. The minimum atomic E-state index is -0.0959. The summed E-state index contributed by atoms with van der Waals surface area (Å²) in [4.78, 5) is 11.7. The fourth-order valence-corrected chi connectivity index (χ4v) is 2.25. The van der Waals surface area contributed by atoms with E-state index in [1.54, 1.807) is 7.05 Å². The Balaban J connectivity index is 2.22. The number of furan rings is 1. The molecule has 4 nitrogen and oxygen atoms in total. The van der Waals surface area contributed by atoms with Gasteiger partial charge in [-0.25, -0.2) is 0 Å². The summed E-state index contributed by atoms with van der Waals surface area (Å²) in [5.41, 5.74) is 2.63. The number of nitrogens with one attached hydrogen (secondary N) is 2. The maximum atomic E-state index is 11.7. The summed E-state index contributed by atoms with van der Waals surface area (Å²) in [6.45, 7) is 4.01. The lowest BCUT2D eigenvalue weighted by atomic mass is 10.1. The molecule has 2 aromatic rings. The van der Waals surface area contributed by atoms with Crippen LogP contribution in [0.5, 0.6) is 0 Å². The Morgan fingerprint density at radius 2 is 2.05 bits per heavy atom. The fourth-order valence-electron chi connectivity index (χ4n) is 1.93. The van der Waals surface area contributed by atoms with Crippen LogP contribution in [0.3, 0.4) is 0 Å². The molecular weight excluding hydrogens is 320 g/mol. The van der Waals surface area contributed by atoms with Gasteiger partial charge in [0.25, 0.3) is 5.91 Å². The maximum absolute atomic E-state index is 11.7. The highest BCUT2D eigenvalue weighted by Gasteiger charge is 2.12. The van der Waals surface area contributed by atoms with Crippen LogP contribution < -0.4 is 10.6 Å². The topological polar surface area (TPSA) is 54.3 Å². The fraction of sp³-hybridized carbons (Fsp3) is 0.267. The second-order valence-electron chi connectivity index (χ2n) is 4.62. The number of benzene rings is 1. The number of carbonyl (C=O) groups excluding carboxylic acids is 1. The Bertz CT molecular complexity index is 622. The van der Waals surface area contributed by atoms with Gasteiger partial charge in [-0.1, -0.05) is 6.07 Å². The number of anilines is 1. The summed E-state index contributed by atoms with van der Waals surface area (Å²) in [6, 6.07) is 9.38. The van der Waals surface area contributed by atoms with Crippen molar-refractivity contribution in [2.75, 3.05) is 12.4 Å². The Morgan fingerprint density at radius 3 is 2.65 bits per heavy atom. The van der Waals surface area contributed by atoms with Crippen LogP contribution in [0.1, 0.15) is 34.6 Å². The minimum absolute atomic E-state index is 0.0138. The number of halogens is 1. The van der Waals surface area contributed by atoms with Gasteiger partial charge in [0.2, 0.25) is 0 Å². The van der Waals surface area contributed by atoms with Gasteiger partial charge in [-0.05, 0) is 59.6 Å². The molecule has 1 aromatic carbocycles. The first-order valence-electron chi connectivity index (χ1n) is 6.35. The minimum Gasteiger partial charge on any atom is -0.452 e. The first kappa shape index (κ1) is 14.7. The smallest absolute Gasteiger partial charge is 0.251 e. The van der Waals surface area contributed by atoms with Gasteiger partial charge < -0.3 is 15.1 Å². The second kappa shape index (κ2) is 6.13. The molecular formula is C15H17BrN2O2. The summed E-state index contributed by atoms with van der Waals surface area (Å²) < 4.78 is 6.24. The SMILES string of the molecule is CNC(=O)c1ccc(C)c(NC(C)c2ccc(Br)o2)c1. The van der Waals surface area contributed by atoms with E-state index in [-0.39, 0.29) is 11.9 Å². The normalized spacial score (nSPS) is 12.0. The van der Waals surface area contributed by atoms with Gasteiger partial charge in [0.1, 0.15) is 5.76 Å². The Kier molecular flexibility index (Phi) is 4.49. The van der Waals surface area contributed by atoms with Crippen LogP contribution in [-0.2, 0) is 0 Å². The number of carbonyl (C=O) groups is 1. The highest BCUT2D eigenvalue weighted by molar-refractivity contribution is 9.10. The van der Waals surface area contributed by atoms with Gasteiger partial charge in [-0.3, -0.25) is 4.79 Å². The van der Waals surface area contributed by atoms with Crippen molar-refractivity contribution >= 4 is 27.5 Å². The largest absolute Gasteiger partial charge is 0.452 e. The van der Waals surface area contributed by atoms with E-state index >= 15 is 0 Å². The summed E-state index contributed by atoms with van der Waals surface area (Å²) in [6.07, 6.45) is 0. The third-order valence-corrected chi connectivity index (χ3v) is 3.55. The maximum Gasteiger partial charge on any atom is 0.251 e. The predicted molar refractivity (Wildman–Crippen MR) is 83.0 cm³/mol. The molecule has 0 radical (unpaired) electrons. The van der Waals surface area contributed by atoms with Crippen LogP contribution in [0.2, 0.25) is 0 Å². The van der Waals surface area contributed by atoms with Gasteiger partial charge in [0.15, 0.2) is 4.67 Å². The summed E-state index contributed by atoms with van der Waals surface area (Å²) in [5, 5.41) is 5.99. The van der Waals surface area contributed by atoms with E-state index in [2.05, 4.69) is 26.6 Å². The highest BCUT2D eigenvalue weighted by Crippen LogP contribution is 2.26. The summed E-state index contributed by atoms with van der Waals surface area (Å²) in [5.74, 6) is 0.739. The van der Waals surface area contributed by atoms with Crippen molar-refractivity contribution in [1.82, 2.24) is 5.32 Å². The van der Waals surface area contributed by atoms with Crippen molar-refractivity contribution in [3.63, 3.8) is 0 Å². The second-order valence-corrected chi connectivity index (χ2v) is 5.40. The molecule has 1 amide bonds. The monoisotopic (exact) mass is 336 g/mol. The Hall–Kier alpha value is -1.75. The number of aryl methyl sites for hydroxylation is 1. The molecule has 2 rings (SSSR count).